The molecule has 1 aromatic carbocycles. The summed E-state index contributed by atoms with van der Waals surface area (Å²) < 4.78 is 2.00. The minimum atomic E-state index is -0.434. The third-order valence-corrected chi connectivity index (χ3v) is 4.46. The summed E-state index contributed by atoms with van der Waals surface area (Å²) in [4.78, 5) is 22.1. The summed E-state index contributed by atoms with van der Waals surface area (Å²) in [5.41, 5.74) is 0.561. The van der Waals surface area contributed by atoms with Crippen molar-refractivity contribution in [3.63, 3.8) is 0 Å². The van der Waals surface area contributed by atoms with E-state index in [9.17, 15) is 14.9 Å². The van der Waals surface area contributed by atoms with E-state index < -0.39 is 4.92 Å². The van der Waals surface area contributed by atoms with Gasteiger partial charge in [-0.1, -0.05) is 17.8 Å². The van der Waals surface area contributed by atoms with E-state index in [0.717, 1.165) is 5.56 Å². The van der Waals surface area contributed by atoms with Crippen molar-refractivity contribution >= 4 is 33.4 Å². The second-order valence-electron chi connectivity index (χ2n) is 4.61. The van der Waals surface area contributed by atoms with Crippen LogP contribution in [-0.2, 0) is 5.75 Å². The van der Waals surface area contributed by atoms with Crippen LogP contribution in [0.1, 0.15) is 25.5 Å². The molecule has 1 aromatic heterocycles. The molecule has 0 saturated heterocycles. The van der Waals surface area contributed by atoms with E-state index in [1.165, 1.54) is 17.8 Å². The van der Waals surface area contributed by atoms with Crippen LogP contribution in [0.25, 0.3) is 0 Å². The molecule has 1 N–H and O–H groups in total. The molecule has 112 valence electrons. The van der Waals surface area contributed by atoms with Crippen LogP contribution < -0.4 is 5.69 Å². The van der Waals surface area contributed by atoms with Crippen molar-refractivity contribution in [2.24, 2.45) is 0 Å². The summed E-state index contributed by atoms with van der Waals surface area (Å²) in [5, 5.41) is 17.9. The summed E-state index contributed by atoms with van der Waals surface area (Å²) in [6.07, 6.45) is 0. The van der Waals surface area contributed by atoms with Gasteiger partial charge in [0.2, 0.25) is 0 Å². The molecule has 0 radical (unpaired) electrons. The highest BCUT2D eigenvalue weighted by molar-refractivity contribution is 9.10. The number of nitro groups is 1. The van der Waals surface area contributed by atoms with Crippen LogP contribution in [0.5, 0.6) is 0 Å². The van der Waals surface area contributed by atoms with Gasteiger partial charge in [-0.2, -0.15) is 0 Å². The Kier molecular flexibility index (Phi) is 4.84. The molecular weight excluding hydrogens is 360 g/mol. The zero-order valence-electron chi connectivity index (χ0n) is 11.4. The van der Waals surface area contributed by atoms with Gasteiger partial charge in [0, 0.05) is 17.9 Å². The molecule has 2 aromatic rings. The normalized spacial score (nSPS) is 11.0. The number of H-pyrrole nitrogens is 1. The Bertz CT molecular complexity index is 726. The SMILES string of the molecule is CC(C)n1c(SCc2ccc(Br)c([N+](=O)[O-])c2)n[nH]c1=O. The molecule has 0 aliphatic heterocycles. The molecule has 0 spiro atoms. The van der Waals surface area contributed by atoms with Crippen molar-refractivity contribution in [3.05, 3.63) is 48.8 Å². The predicted molar refractivity (Wildman–Crippen MR) is 83.6 cm³/mol. The Morgan fingerprint density at radius 3 is 2.86 bits per heavy atom. The fourth-order valence-corrected chi connectivity index (χ4v) is 3.19. The smallest absolute Gasteiger partial charge is 0.268 e. The van der Waals surface area contributed by atoms with Gasteiger partial charge in [0.05, 0.1) is 9.40 Å². The van der Waals surface area contributed by atoms with Gasteiger partial charge in [0.15, 0.2) is 5.16 Å². The lowest BCUT2D eigenvalue weighted by molar-refractivity contribution is -0.385. The number of hydrogen-bond donors (Lipinski definition) is 1. The quantitative estimate of drug-likeness (QED) is 0.494. The Morgan fingerprint density at radius 2 is 2.24 bits per heavy atom. The van der Waals surface area contributed by atoms with Crippen LogP contribution in [0.3, 0.4) is 0 Å². The summed E-state index contributed by atoms with van der Waals surface area (Å²) in [6, 6.07) is 4.96. The first-order valence-electron chi connectivity index (χ1n) is 6.12. The van der Waals surface area contributed by atoms with Crippen molar-refractivity contribution in [3.8, 4) is 0 Å². The van der Waals surface area contributed by atoms with Gasteiger partial charge in [-0.05, 0) is 41.4 Å². The third kappa shape index (κ3) is 3.53. The minimum absolute atomic E-state index is 0.00185. The van der Waals surface area contributed by atoms with Gasteiger partial charge in [0.25, 0.3) is 5.69 Å². The number of thioether (sulfide) groups is 1. The van der Waals surface area contributed by atoms with Crippen molar-refractivity contribution < 1.29 is 4.92 Å². The zero-order chi connectivity index (χ0) is 15.6. The zero-order valence-corrected chi connectivity index (χ0v) is 13.8. The molecule has 2 rings (SSSR count). The predicted octanol–water partition coefficient (Wildman–Crippen LogP) is 3.12. The molecule has 0 unspecified atom stereocenters. The van der Waals surface area contributed by atoms with Crippen molar-refractivity contribution in [2.75, 3.05) is 0 Å². The highest BCUT2D eigenvalue weighted by atomic mass is 79.9. The molecule has 0 aliphatic carbocycles. The van der Waals surface area contributed by atoms with Crippen LogP contribution in [0.2, 0.25) is 0 Å². The van der Waals surface area contributed by atoms with Gasteiger partial charge in [-0.15, -0.1) is 5.10 Å². The van der Waals surface area contributed by atoms with E-state index in [-0.39, 0.29) is 17.4 Å². The van der Waals surface area contributed by atoms with Gasteiger partial charge in [-0.3, -0.25) is 14.7 Å². The molecule has 1 heterocycles. The first-order valence-corrected chi connectivity index (χ1v) is 7.90. The second kappa shape index (κ2) is 6.44. The van der Waals surface area contributed by atoms with Crippen LogP contribution in [0.4, 0.5) is 5.69 Å². The lowest BCUT2D eigenvalue weighted by Gasteiger charge is -2.08. The first-order chi connectivity index (χ1) is 9.90. The number of aromatic nitrogens is 3. The van der Waals surface area contributed by atoms with Crippen LogP contribution in [-0.4, -0.2) is 19.7 Å². The lowest BCUT2D eigenvalue weighted by atomic mass is 10.2. The Hall–Kier alpha value is -1.61. The van der Waals surface area contributed by atoms with Gasteiger partial charge >= 0.3 is 5.69 Å². The van der Waals surface area contributed by atoms with E-state index in [1.807, 2.05) is 13.8 Å². The average molecular weight is 373 g/mol. The van der Waals surface area contributed by atoms with Gasteiger partial charge < -0.3 is 0 Å². The highest BCUT2D eigenvalue weighted by Crippen LogP contribution is 2.29. The van der Waals surface area contributed by atoms with Gasteiger partial charge in [0.1, 0.15) is 0 Å². The minimum Gasteiger partial charge on any atom is -0.268 e. The summed E-state index contributed by atoms with van der Waals surface area (Å²) in [6.45, 7) is 3.79. The number of benzene rings is 1. The molecule has 9 heteroatoms. The maximum Gasteiger partial charge on any atom is 0.344 e. The molecule has 21 heavy (non-hydrogen) atoms. The number of nitrogens with one attached hydrogen (secondary N) is 1. The number of aromatic amines is 1. The van der Waals surface area contributed by atoms with E-state index in [2.05, 4.69) is 26.1 Å². The van der Waals surface area contributed by atoms with E-state index in [0.29, 0.717) is 15.4 Å². The Balaban J connectivity index is 2.19. The maximum atomic E-state index is 11.6. The molecule has 0 fully saturated rings. The van der Waals surface area contributed by atoms with Gasteiger partial charge in [-0.25, -0.2) is 9.89 Å². The molecule has 0 bridgehead atoms. The fourth-order valence-electron chi connectivity index (χ4n) is 1.78. The highest BCUT2D eigenvalue weighted by Gasteiger charge is 2.15. The molecular formula is C12H13BrN4O3S. The van der Waals surface area contributed by atoms with Crippen molar-refractivity contribution in [2.45, 2.75) is 30.8 Å². The van der Waals surface area contributed by atoms with Crippen LogP contribution in [0, 0.1) is 10.1 Å². The monoisotopic (exact) mass is 372 g/mol. The Morgan fingerprint density at radius 1 is 1.52 bits per heavy atom. The molecule has 0 aliphatic rings. The largest absolute Gasteiger partial charge is 0.344 e. The summed E-state index contributed by atoms with van der Waals surface area (Å²) in [7, 11) is 0. The fraction of sp³-hybridized carbons (Fsp3) is 0.333. The Labute approximate surface area is 133 Å². The summed E-state index contributed by atoms with van der Waals surface area (Å²) in [5.74, 6) is 0.491. The number of rotatable bonds is 5. The van der Waals surface area contributed by atoms with E-state index in [4.69, 9.17) is 0 Å². The van der Waals surface area contributed by atoms with E-state index >= 15 is 0 Å². The standard InChI is InChI=1S/C12H13BrN4O3S/c1-7(2)16-11(18)14-15-12(16)21-6-8-3-4-9(13)10(5-8)17(19)20/h3-5,7H,6H2,1-2H3,(H,14,18). The average Bonchev–Trinajstić information content (AvgIpc) is 2.78. The van der Waals surface area contributed by atoms with Crippen molar-refractivity contribution in [1.82, 2.24) is 14.8 Å². The maximum absolute atomic E-state index is 11.6. The van der Waals surface area contributed by atoms with E-state index in [1.54, 1.807) is 16.7 Å². The lowest BCUT2D eigenvalue weighted by Crippen LogP contribution is -2.19. The second-order valence-corrected chi connectivity index (χ2v) is 6.40. The first kappa shape index (κ1) is 15.8. The third-order valence-electron chi connectivity index (χ3n) is 2.76. The molecule has 0 atom stereocenters. The molecule has 0 saturated carbocycles. The molecule has 0 amide bonds. The van der Waals surface area contributed by atoms with Crippen LogP contribution >= 0.6 is 27.7 Å². The molecule has 7 nitrogen and oxygen atoms in total. The topological polar surface area (TPSA) is 93.8 Å². The summed E-state index contributed by atoms with van der Waals surface area (Å²) >= 11 is 4.51. The number of halogens is 1. The number of nitrogens with zero attached hydrogens (tertiary/aromatic N) is 3. The number of nitro benzene ring substituents is 1. The van der Waals surface area contributed by atoms with Crippen molar-refractivity contribution in [1.29, 1.82) is 0 Å². The number of hydrogen-bond acceptors (Lipinski definition) is 5. The van der Waals surface area contributed by atoms with Crippen LogP contribution in [0.15, 0.2) is 32.6 Å².